The Kier molecular flexibility index (Phi) is 4.74. The number of nitrogens with zero attached hydrogens (tertiary/aromatic N) is 1. The maximum atomic E-state index is 13.1. The van der Waals surface area contributed by atoms with Gasteiger partial charge >= 0.3 is 0 Å². The van der Waals surface area contributed by atoms with Gasteiger partial charge in [0.1, 0.15) is 17.7 Å². The molecule has 0 saturated carbocycles. The molecule has 1 unspecified atom stereocenters. The molecule has 0 aliphatic rings. The summed E-state index contributed by atoms with van der Waals surface area (Å²) in [5.41, 5.74) is 0.249. The first kappa shape index (κ1) is 12.5. The summed E-state index contributed by atoms with van der Waals surface area (Å²) in [6.45, 7) is 4.77. The van der Waals surface area contributed by atoms with Crippen LogP contribution >= 0.6 is 0 Å². The van der Waals surface area contributed by atoms with Crippen molar-refractivity contribution < 1.29 is 13.9 Å². The molecule has 0 heterocycles. The Balaban J connectivity index is 2.66. The number of benzene rings is 1. The third kappa shape index (κ3) is 3.87. The zero-order valence-electron chi connectivity index (χ0n) is 9.37. The van der Waals surface area contributed by atoms with Crippen LogP contribution in [-0.4, -0.2) is 19.3 Å². The molecule has 0 amide bonds. The minimum Gasteiger partial charge on any atom is -0.488 e. The third-order valence-electron chi connectivity index (χ3n) is 1.89. The van der Waals surface area contributed by atoms with Crippen molar-refractivity contribution in [1.29, 1.82) is 5.26 Å². The van der Waals surface area contributed by atoms with Gasteiger partial charge in [0.25, 0.3) is 0 Å². The van der Waals surface area contributed by atoms with Gasteiger partial charge in [-0.25, -0.2) is 4.39 Å². The highest BCUT2D eigenvalue weighted by Crippen LogP contribution is 2.17. The lowest BCUT2D eigenvalue weighted by molar-refractivity contribution is 0.0655. The lowest BCUT2D eigenvalue weighted by Crippen LogP contribution is -2.19. The molecule has 0 bridgehead atoms. The van der Waals surface area contributed by atoms with Crippen LogP contribution < -0.4 is 4.74 Å². The predicted octanol–water partition coefficient (Wildman–Crippen LogP) is 2.50. The van der Waals surface area contributed by atoms with E-state index in [4.69, 9.17) is 14.7 Å². The van der Waals surface area contributed by atoms with Gasteiger partial charge in [0.15, 0.2) is 0 Å². The summed E-state index contributed by atoms with van der Waals surface area (Å²) in [6.07, 6.45) is -0.173. The maximum absolute atomic E-state index is 13.1. The van der Waals surface area contributed by atoms with Crippen LogP contribution in [0.25, 0.3) is 0 Å². The average Bonchev–Trinajstić information content (AvgIpc) is 2.25. The molecule has 86 valence electrons. The van der Waals surface area contributed by atoms with Crippen molar-refractivity contribution >= 4 is 0 Å². The molecule has 0 aromatic heterocycles. The van der Waals surface area contributed by atoms with Gasteiger partial charge in [0.05, 0.1) is 18.2 Å². The summed E-state index contributed by atoms with van der Waals surface area (Å²) in [7, 11) is 0. The van der Waals surface area contributed by atoms with Gasteiger partial charge in [-0.1, -0.05) is 0 Å². The fourth-order valence-corrected chi connectivity index (χ4v) is 1.25. The van der Waals surface area contributed by atoms with Gasteiger partial charge in [-0.05, 0) is 26.0 Å². The van der Waals surface area contributed by atoms with Crippen molar-refractivity contribution in [2.75, 3.05) is 13.2 Å². The van der Waals surface area contributed by atoms with Gasteiger partial charge in [0, 0.05) is 12.7 Å². The molecule has 4 heteroatoms. The number of rotatable bonds is 5. The van der Waals surface area contributed by atoms with Gasteiger partial charge in [-0.15, -0.1) is 0 Å². The molecule has 0 fully saturated rings. The van der Waals surface area contributed by atoms with Crippen molar-refractivity contribution in [3.63, 3.8) is 0 Å². The summed E-state index contributed by atoms with van der Waals surface area (Å²) in [4.78, 5) is 0. The Hall–Kier alpha value is -1.60. The van der Waals surface area contributed by atoms with E-state index in [1.165, 1.54) is 18.2 Å². The van der Waals surface area contributed by atoms with Crippen LogP contribution in [0, 0.1) is 17.1 Å². The number of hydrogen-bond acceptors (Lipinski definition) is 3. The molecule has 0 aliphatic carbocycles. The molecule has 1 rings (SSSR count). The SMILES string of the molecule is CCOCC(C)Oc1cc(F)cc(C#N)c1. The zero-order chi connectivity index (χ0) is 12.0. The van der Waals surface area contributed by atoms with Crippen LogP contribution in [0.4, 0.5) is 4.39 Å². The van der Waals surface area contributed by atoms with Crippen molar-refractivity contribution in [2.24, 2.45) is 0 Å². The molecule has 0 aliphatic heterocycles. The van der Waals surface area contributed by atoms with E-state index < -0.39 is 5.82 Å². The van der Waals surface area contributed by atoms with E-state index in [0.29, 0.717) is 19.0 Å². The second-order valence-corrected chi connectivity index (χ2v) is 3.38. The highest BCUT2D eigenvalue weighted by molar-refractivity contribution is 5.37. The normalized spacial score (nSPS) is 11.9. The lowest BCUT2D eigenvalue weighted by Gasteiger charge is -2.14. The lowest BCUT2D eigenvalue weighted by atomic mass is 10.2. The topological polar surface area (TPSA) is 42.2 Å². The smallest absolute Gasteiger partial charge is 0.128 e. The molecule has 0 spiro atoms. The molecule has 1 atom stereocenters. The van der Waals surface area contributed by atoms with Crippen LogP contribution in [-0.2, 0) is 4.74 Å². The minimum atomic E-state index is -0.474. The van der Waals surface area contributed by atoms with E-state index in [1.54, 1.807) is 0 Å². The minimum absolute atomic E-state index is 0.173. The Morgan fingerprint density at radius 1 is 1.44 bits per heavy atom. The molecular formula is C12H14FNO2. The Morgan fingerprint density at radius 2 is 2.19 bits per heavy atom. The van der Waals surface area contributed by atoms with Crippen molar-refractivity contribution in [3.8, 4) is 11.8 Å². The van der Waals surface area contributed by atoms with Gasteiger partial charge < -0.3 is 9.47 Å². The number of hydrogen-bond donors (Lipinski definition) is 0. The van der Waals surface area contributed by atoms with Crippen LogP contribution in [0.5, 0.6) is 5.75 Å². The van der Waals surface area contributed by atoms with Crippen LogP contribution in [0.15, 0.2) is 18.2 Å². The van der Waals surface area contributed by atoms with E-state index in [0.717, 1.165) is 0 Å². The van der Waals surface area contributed by atoms with Crippen LogP contribution in [0.1, 0.15) is 19.4 Å². The van der Waals surface area contributed by atoms with E-state index in [1.807, 2.05) is 19.9 Å². The highest BCUT2D eigenvalue weighted by Gasteiger charge is 2.06. The second kappa shape index (κ2) is 6.09. The number of ether oxygens (including phenoxy) is 2. The monoisotopic (exact) mass is 223 g/mol. The Labute approximate surface area is 94.4 Å². The fraction of sp³-hybridized carbons (Fsp3) is 0.417. The summed E-state index contributed by atoms with van der Waals surface area (Å²) >= 11 is 0. The Morgan fingerprint density at radius 3 is 2.81 bits per heavy atom. The van der Waals surface area contributed by atoms with Gasteiger partial charge in [0.2, 0.25) is 0 Å². The number of nitriles is 1. The van der Waals surface area contributed by atoms with Crippen molar-refractivity contribution in [3.05, 3.63) is 29.6 Å². The summed E-state index contributed by atoms with van der Waals surface area (Å²) in [5, 5.41) is 8.67. The first-order valence-corrected chi connectivity index (χ1v) is 5.10. The third-order valence-corrected chi connectivity index (χ3v) is 1.89. The average molecular weight is 223 g/mol. The zero-order valence-corrected chi connectivity index (χ0v) is 9.37. The quantitative estimate of drug-likeness (QED) is 0.770. The molecule has 0 radical (unpaired) electrons. The highest BCUT2D eigenvalue weighted by atomic mass is 19.1. The molecule has 16 heavy (non-hydrogen) atoms. The standard InChI is InChI=1S/C12H14FNO2/c1-3-15-8-9(2)16-12-5-10(7-14)4-11(13)6-12/h4-6,9H,3,8H2,1-2H3. The molecular weight excluding hydrogens is 209 g/mol. The molecule has 3 nitrogen and oxygen atoms in total. The van der Waals surface area contributed by atoms with Crippen molar-refractivity contribution in [2.45, 2.75) is 20.0 Å². The Bertz CT molecular complexity index is 387. The largest absolute Gasteiger partial charge is 0.488 e. The van der Waals surface area contributed by atoms with Crippen LogP contribution in [0.2, 0.25) is 0 Å². The van der Waals surface area contributed by atoms with Gasteiger partial charge in [-0.3, -0.25) is 0 Å². The fourth-order valence-electron chi connectivity index (χ4n) is 1.25. The summed E-state index contributed by atoms with van der Waals surface area (Å²) < 4.78 is 23.6. The molecule has 0 N–H and O–H groups in total. The molecule has 1 aromatic carbocycles. The van der Waals surface area contributed by atoms with E-state index in [9.17, 15) is 4.39 Å². The second-order valence-electron chi connectivity index (χ2n) is 3.38. The molecule has 1 aromatic rings. The van der Waals surface area contributed by atoms with E-state index in [-0.39, 0.29) is 11.7 Å². The number of halogens is 1. The van der Waals surface area contributed by atoms with Gasteiger partial charge in [-0.2, -0.15) is 5.26 Å². The van der Waals surface area contributed by atoms with Crippen LogP contribution in [0.3, 0.4) is 0 Å². The molecule has 0 saturated heterocycles. The first-order chi connectivity index (χ1) is 7.65. The van der Waals surface area contributed by atoms with E-state index in [2.05, 4.69) is 0 Å². The maximum Gasteiger partial charge on any atom is 0.128 e. The first-order valence-electron chi connectivity index (χ1n) is 5.10. The predicted molar refractivity (Wildman–Crippen MR) is 57.7 cm³/mol. The summed E-state index contributed by atoms with van der Waals surface area (Å²) in [6, 6.07) is 5.80. The van der Waals surface area contributed by atoms with E-state index >= 15 is 0 Å². The van der Waals surface area contributed by atoms with Crippen molar-refractivity contribution in [1.82, 2.24) is 0 Å². The summed E-state index contributed by atoms with van der Waals surface area (Å²) in [5.74, 6) is -0.124.